The molecule has 1 aromatic rings. The van der Waals surface area contributed by atoms with E-state index in [1.54, 1.807) is 30.3 Å². The molecule has 0 bridgehead atoms. The van der Waals surface area contributed by atoms with Gasteiger partial charge in [0.1, 0.15) is 5.70 Å². The molecule has 8 heteroatoms. The van der Waals surface area contributed by atoms with Gasteiger partial charge < -0.3 is 30.4 Å². The SMILES string of the molecule is CC(=O)NC(=Cc1ccccc1)C(=O)N[C@H](CCC(=O)[O-])C(=O)[O-]. The van der Waals surface area contributed by atoms with Crippen molar-refractivity contribution in [1.29, 1.82) is 0 Å². The first-order valence-electron chi connectivity index (χ1n) is 7.05. The number of hydrogen-bond donors (Lipinski definition) is 2. The summed E-state index contributed by atoms with van der Waals surface area (Å²) < 4.78 is 0. The Labute approximate surface area is 138 Å². The highest BCUT2D eigenvalue weighted by Gasteiger charge is 2.17. The van der Waals surface area contributed by atoms with Crippen molar-refractivity contribution in [2.45, 2.75) is 25.8 Å². The summed E-state index contributed by atoms with van der Waals surface area (Å²) in [7, 11) is 0. The number of carboxylic acids is 2. The monoisotopic (exact) mass is 332 g/mol. The van der Waals surface area contributed by atoms with Gasteiger partial charge in [-0.3, -0.25) is 9.59 Å². The molecule has 0 aromatic heterocycles. The molecule has 2 amide bonds. The summed E-state index contributed by atoms with van der Waals surface area (Å²) in [5.74, 6) is -4.47. The Hall–Kier alpha value is -3.16. The Morgan fingerprint density at radius 1 is 1.12 bits per heavy atom. The van der Waals surface area contributed by atoms with Gasteiger partial charge in [-0.15, -0.1) is 0 Å². The van der Waals surface area contributed by atoms with E-state index in [0.29, 0.717) is 5.56 Å². The van der Waals surface area contributed by atoms with Crippen LogP contribution in [0.25, 0.3) is 6.08 Å². The van der Waals surface area contributed by atoms with E-state index in [1.807, 2.05) is 0 Å². The summed E-state index contributed by atoms with van der Waals surface area (Å²) >= 11 is 0. The fourth-order valence-corrected chi connectivity index (χ4v) is 1.81. The molecule has 0 aliphatic heterocycles. The van der Waals surface area contributed by atoms with E-state index >= 15 is 0 Å². The molecule has 0 saturated carbocycles. The molecule has 0 heterocycles. The van der Waals surface area contributed by atoms with Crippen LogP contribution in [-0.4, -0.2) is 29.8 Å². The molecular weight excluding hydrogens is 316 g/mol. The van der Waals surface area contributed by atoms with Crippen molar-refractivity contribution in [2.75, 3.05) is 0 Å². The van der Waals surface area contributed by atoms with Gasteiger partial charge in [-0.1, -0.05) is 30.3 Å². The zero-order valence-corrected chi connectivity index (χ0v) is 12.9. The zero-order chi connectivity index (χ0) is 18.1. The molecule has 0 radical (unpaired) electrons. The highest BCUT2D eigenvalue weighted by Crippen LogP contribution is 2.06. The molecule has 0 aliphatic carbocycles. The number of benzene rings is 1. The van der Waals surface area contributed by atoms with E-state index in [9.17, 15) is 29.4 Å². The molecule has 128 valence electrons. The lowest BCUT2D eigenvalue weighted by molar-refractivity contribution is -0.310. The van der Waals surface area contributed by atoms with Gasteiger partial charge in [0.25, 0.3) is 5.91 Å². The standard InChI is InChI=1S/C16H18N2O6/c1-10(19)17-13(9-11-5-3-2-4-6-11)15(22)18-12(16(23)24)7-8-14(20)21/h2-6,9,12H,7-8H2,1H3,(H,17,19)(H,18,22)(H,20,21)(H,23,24)/p-2/t12-/m1/s1. The maximum Gasteiger partial charge on any atom is 0.268 e. The average Bonchev–Trinajstić information content (AvgIpc) is 2.50. The first-order valence-corrected chi connectivity index (χ1v) is 7.05. The number of carbonyl (C=O) groups is 4. The normalized spacial score (nSPS) is 12.1. The van der Waals surface area contributed by atoms with Gasteiger partial charge in [-0.2, -0.15) is 0 Å². The summed E-state index contributed by atoms with van der Waals surface area (Å²) in [5.41, 5.74) is 0.435. The summed E-state index contributed by atoms with van der Waals surface area (Å²) in [6, 6.07) is 7.05. The Bertz CT molecular complexity index is 654. The topological polar surface area (TPSA) is 138 Å². The van der Waals surface area contributed by atoms with Crippen LogP contribution < -0.4 is 20.8 Å². The first-order chi connectivity index (χ1) is 11.3. The Balaban J connectivity index is 2.94. The number of hydrogen-bond acceptors (Lipinski definition) is 6. The smallest absolute Gasteiger partial charge is 0.268 e. The maximum atomic E-state index is 12.2. The fraction of sp³-hybridized carbons (Fsp3) is 0.250. The predicted molar refractivity (Wildman–Crippen MR) is 79.4 cm³/mol. The van der Waals surface area contributed by atoms with Gasteiger partial charge in [0.05, 0.1) is 12.0 Å². The van der Waals surface area contributed by atoms with Crippen LogP contribution in [-0.2, 0) is 19.2 Å². The van der Waals surface area contributed by atoms with Gasteiger partial charge in [-0.25, -0.2) is 0 Å². The van der Waals surface area contributed by atoms with Gasteiger partial charge in [-0.05, 0) is 24.5 Å². The molecular formula is C16H16N2O6-2. The quantitative estimate of drug-likeness (QED) is 0.524. The lowest BCUT2D eigenvalue weighted by Gasteiger charge is -2.21. The molecule has 24 heavy (non-hydrogen) atoms. The first kappa shape index (κ1) is 18.9. The molecule has 0 aliphatic rings. The van der Waals surface area contributed by atoms with Crippen LogP contribution in [0.1, 0.15) is 25.3 Å². The van der Waals surface area contributed by atoms with Crippen molar-refractivity contribution in [2.24, 2.45) is 0 Å². The number of nitrogens with one attached hydrogen (secondary N) is 2. The Morgan fingerprint density at radius 3 is 2.25 bits per heavy atom. The van der Waals surface area contributed by atoms with Gasteiger partial charge in [0.15, 0.2) is 0 Å². The van der Waals surface area contributed by atoms with Crippen molar-refractivity contribution in [1.82, 2.24) is 10.6 Å². The molecule has 0 spiro atoms. The number of carbonyl (C=O) groups excluding carboxylic acids is 4. The number of amides is 2. The van der Waals surface area contributed by atoms with E-state index in [-0.39, 0.29) is 5.70 Å². The van der Waals surface area contributed by atoms with Gasteiger partial charge >= 0.3 is 0 Å². The second kappa shape index (κ2) is 9.09. The number of rotatable bonds is 8. The van der Waals surface area contributed by atoms with Crippen molar-refractivity contribution in [3.8, 4) is 0 Å². The van der Waals surface area contributed by atoms with Crippen LogP contribution in [0.2, 0.25) is 0 Å². The fourth-order valence-electron chi connectivity index (χ4n) is 1.81. The van der Waals surface area contributed by atoms with Crippen molar-refractivity contribution < 1.29 is 29.4 Å². The minimum Gasteiger partial charge on any atom is -0.550 e. The van der Waals surface area contributed by atoms with E-state index in [4.69, 9.17) is 0 Å². The van der Waals surface area contributed by atoms with Crippen LogP contribution in [0, 0.1) is 0 Å². The van der Waals surface area contributed by atoms with Crippen molar-refractivity contribution in [3.05, 3.63) is 41.6 Å². The largest absolute Gasteiger partial charge is 0.550 e. The van der Waals surface area contributed by atoms with Gasteiger partial charge in [0, 0.05) is 12.9 Å². The van der Waals surface area contributed by atoms with E-state index in [1.165, 1.54) is 13.0 Å². The summed E-state index contributed by atoms with van der Waals surface area (Å²) in [6.45, 7) is 1.19. The Kier molecular flexibility index (Phi) is 7.15. The minimum absolute atomic E-state index is 0.173. The molecule has 8 nitrogen and oxygen atoms in total. The third kappa shape index (κ3) is 6.73. The van der Waals surface area contributed by atoms with Crippen LogP contribution in [0.15, 0.2) is 36.0 Å². The Morgan fingerprint density at radius 2 is 1.75 bits per heavy atom. The lowest BCUT2D eigenvalue weighted by atomic mass is 10.1. The third-order valence-electron chi connectivity index (χ3n) is 2.89. The van der Waals surface area contributed by atoms with Crippen LogP contribution in [0.4, 0.5) is 0 Å². The van der Waals surface area contributed by atoms with E-state index in [2.05, 4.69) is 10.6 Å². The van der Waals surface area contributed by atoms with E-state index in [0.717, 1.165) is 0 Å². The highest BCUT2D eigenvalue weighted by molar-refractivity contribution is 6.02. The third-order valence-corrected chi connectivity index (χ3v) is 2.89. The second-order valence-electron chi connectivity index (χ2n) is 4.91. The maximum absolute atomic E-state index is 12.2. The van der Waals surface area contributed by atoms with Crippen LogP contribution >= 0.6 is 0 Å². The number of aliphatic carboxylic acids is 2. The van der Waals surface area contributed by atoms with Crippen molar-refractivity contribution >= 4 is 29.8 Å². The molecule has 0 unspecified atom stereocenters. The highest BCUT2D eigenvalue weighted by atomic mass is 16.4. The van der Waals surface area contributed by atoms with Gasteiger partial charge in [0.2, 0.25) is 5.91 Å². The zero-order valence-electron chi connectivity index (χ0n) is 12.9. The summed E-state index contributed by atoms with van der Waals surface area (Å²) in [5, 5.41) is 25.9. The van der Waals surface area contributed by atoms with E-state index < -0.39 is 42.6 Å². The number of carboxylic acid groups (broad SMARTS) is 2. The molecule has 0 fully saturated rings. The second-order valence-corrected chi connectivity index (χ2v) is 4.91. The summed E-state index contributed by atoms with van der Waals surface area (Å²) in [4.78, 5) is 44.9. The van der Waals surface area contributed by atoms with Crippen molar-refractivity contribution in [3.63, 3.8) is 0 Å². The molecule has 1 atom stereocenters. The molecule has 2 N–H and O–H groups in total. The van der Waals surface area contributed by atoms with Crippen LogP contribution in [0.5, 0.6) is 0 Å². The summed E-state index contributed by atoms with van der Waals surface area (Å²) in [6.07, 6.45) is 0.410. The minimum atomic E-state index is -1.63. The lowest BCUT2D eigenvalue weighted by Crippen LogP contribution is -2.50. The molecule has 0 saturated heterocycles. The molecule has 1 aromatic carbocycles. The molecule has 1 rings (SSSR count). The van der Waals surface area contributed by atoms with Crippen LogP contribution in [0.3, 0.4) is 0 Å². The predicted octanol–water partition coefficient (Wildman–Crippen LogP) is -2.07. The average molecular weight is 332 g/mol.